The van der Waals surface area contributed by atoms with Gasteiger partial charge >= 0.3 is 6.03 Å². The monoisotopic (exact) mass is 461 g/mol. The summed E-state index contributed by atoms with van der Waals surface area (Å²) in [6.45, 7) is 4.36. The van der Waals surface area contributed by atoms with Crippen molar-refractivity contribution in [2.75, 3.05) is 11.9 Å². The zero-order valence-electron chi connectivity index (χ0n) is 19.6. The van der Waals surface area contributed by atoms with E-state index in [2.05, 4.69) is 40.2 Å². The van der Waals surface area contributed by atoms with E-state index >= 15 is 0 Å². The minimum Gasteiger partial charge on any atom is -0.354 e. The molecule has 0 heterocycles. The molecule has 178 valence electrons. The Morgan fingerprint density at radius 3 is 2.06 bits per heavy atom. The van der Waals surface area contributed by atoms with E-state index in [-0.39, 0.29) is 17.7 Å². The maximum absolute atomic E-state index is 13.4. The van der Waals surface area contributed by atoms with Crippen LogP contribution in [0.15, 0.2) is 84.9 Å². The Bertz CT molecular complexity index is 1020. The highest BCUT2D eigenvalue weighted by molar-refractivity contribution is 5.93. The van der Waals surface area contributed by atoms with Crippen LogP contribution in [0.3, 0.4) is 0 Å². The van der Waals surface area contributed by atoms with Crippen molar-refractivity contribution < 1.29 is 14.0 Å². The molecule has 3 aromatic carbocycles. The Hall–Kier alpha value is -3.67. The molecule has 34 heavy (non-hydrogen) atoms. The molecule has 0 saturated carbocycles. The van der Waals surface area contributed by atoms with E-state index in [4.69, 9.17) is 0 Å². The Kier molecular flexibility index (Phi) is 9.21. The fourth-order valence-corrected chi connectivity index (χ4v) is 3.92. The molecule has 0 saturated heterocycles. The molecule has 3 aromatic rings. The Morgan fingerprint density at radius 1 is 0.882 bits per heavy atom. The SMILES string of the molecule is CCC(C)C(NC(=O)Nc1cccc(F)c1)C(=O)NCCC(c1ccccc1)c1ccccc1. The first-order valence-electron chi connectivity index (χ1n) is 11.7. The molecule has 6 heteroatoms. The fourth-order valence-electron chi connectivity index (χ4n) is 3.92. The summed E-state index contributed by atoms with van der Waals surface area (Å²) in [6, 6.07) is 24.8. The number of carbonyl (C=O) groups excluding carboxylic acids is 2. The van der Waals surface area contributed by atoms with Gasteiger partial charge in [0.25, 0.3) is 0 Å². The van der Waals surface area contributed by atoms with Crippen LogP contribution in [0, 0.1) is 11.7 Å². The average molecular weight is 462 g/mol. The second-order valence-corrected chi connectivity index (χ2v) is 8.43. The fraction of sp³-hybridized carbons (Fsp3) is 0.286. The largest absolute Gasteiger partial charge is 0.354 e. The van der Waals surface area contributed by atoms with Crippen LogP contribution in [-0.2, 0) is 4.79 Å². The lowest BCUT2D eigenvalue weighted by Crippen LogP contribution is -2.51. The van der Waals surface area contributed by atoms with Crippen molar-refractivity contribution in [1.29, 1.82) is 0 Å². The van der Waals surface area contributed by atoms with Crippen molar-refractivity contribution in [3.8, 4) is 0 Å². The molecular weight excluding hydrogens is 429 g/mol. The average Bonchev–Trinajstić information content (AvgIpc) is 2.85. The molecule has 2 unspecified atom stereocenters. The summed E-state index contributed by atoms with van der Waals surface area (Å²) in [4.78, 5) is 25.5. The molecule has 5 nitrogen and oxygen atoms in total. The van der Waals surface area contributed by atoms with Gasteiger partial charge in [-0.3, -0.25) is 4.79 Å². The molecule has 3 rings (SSSR count). The van der Waals surface area contributed by atoms with Gasteiger partial charge in [-0.1, -0.05) is 87.0 Å². The van der Waals surface area contributed by atoms with E-state index < -0.39 is 17.9 Å². The molecule has 0 aliphatic heterocycles. The highest BCUT2D eigenvalue weighted by Crippen LogP contribution is 2.27. The number of halogens is 1. The van der Waals surface area contributed by atoms with Crippen LogP contribution < -0.4 is 16.0 Å². The standard InChI is InChI=1S/C28H32FN3O2/c1-3-20(2)26(32-28(34)31-24-16-10-15-23(29)19-24)27(33)30-18-17-25(21-11-6-4-7-12-21)22-13-8-5-9-14-22/h4-16,19-20,25-26H,3,17-18H2,1-2H3,(H,30,33)(H2,31,32,34). The molecule has 0 spiro atoms. The molecule has 0 fully saturated rings. The topological polar surface area (TPSA) is 70.2 Å². The van der Waals surface area contributed by atoms with Gasteiger partial charge in [0.1, 0.15) is 11.9 Å². The lowest BCUT2D eigenvalue weighted by Gasteiger charge is -2.24. The van der Waals surface area contributed by atoms with Crippen molar-refractivity contribution in [1.82, 2.24) is 10.6 Å². The summed E-state index contributed by atoms with van der Waals surface area (Å²) < 4.78 is 13.4. The van der Waals surface area contributed by atoms with Gasteiger partial charge in [-0.15, -0.1) is 0 Å². The first-order chi connectivity index (χ1) is 16.5. The molecular formula is C28H32FN3O2. The number of urea groups is 1. The Labute approximate surface area is 200 Å². The van der Waals surface area contributed by atoms with Crippen LogP contribution in [0.4, 0.5) is 14.9 Å². The van der Waals surface area contributed by atoms with E-state index in [1.807, 2.05) is 50.2 Å². The van der Waals surface area contributed by atoms with Crippen molar-refractivity contribution in [2.45, 2.75) is 38.6 Å². The van der Waals surface area contributed by atoms with E-state index in [9.17, 15) is 14.0 Å². The van der Waals surface area contributed by atoms with Gasteiger partial charge in [-0.2, -0.15) is 0 Å². The first-order valence-corrected chi connectivity index (χ1v) is 11.7. The third-order valence-corrected chi connectivity index (χ3v) is 6.00. The lowest BCUT2D eigenvalue weighted by atomic mass is 9.88. The predicted octanol–water partition coefficient (Wildman–Crippen LogP) is 5.70. The van der Waals surface area contributed by atoms with E-state index in [1.54, 1.807) is 6.07 Å². The minimum absolute atomic E-state index is 0.0719. The number of rotatable bonds is 10. The van der Waals surface area contributed by atoms with Gasteiger partial charge in [0, 0.05) is 18.2 Å². The van der Waals surface area contributed by atoms with Crippen LogP contribution in [0.2, 0.25) is 0 Å². The summed E-state index contributed by atoms with van der Waals surface area (Å²) in [5.74, 6) is -0.602. The number of hydrogen-bond acceptors (Lipinski definition) is 2. The summed E-state index contributed by atoms with van der Waals surface area (Å²) >= 11 is 0. The summed E-state index contributed by atoms with van der Waals surface area (Å²) in [5.41, 5.74) is 2.71. The van der Waals surface area contributed by atoms with Gasteiger partial charge in [0.15, 0.2) is 0 Å². The maximum atomic E-state index is 13.4. The number of benzene rings is 3. The quantitative estimate of drug-likeness (QED) is 0.362. The van der Waals surface area contributed by atoms with E-state index in [0.29, 0.717) is 12.2 Å². The molecule has 3 N–H and O–H groups in total. The highest BCUT2D eigenvalue weighted by Gasteiger charge is 2.26. The van der Waals surface area contributed by atoms with Gasteiger partial charge in [0.2, 0.25) is 5.91 Å². The number of amides is 3. The van der Waals surface area contributed by atoms with Crippen molar-refractivity contribution >= 4 is 17.6 Å². The van der Waals surface area contributed by atoms with Crippen LogP contribution in [0.5, 0.6) is 0 Å². The number of carbonyl (C=O) groups is 2. The zero-order valence-corrected chi connectivity index (χ0v) is 19.6. The third kappa shape index (κ3) is 7.17. The maximum Gasteiger partial charge on any atom is 0.319 e. The van der Waals surface area contributed by atoms with Crippen LogP contribution in [-0.4, -0.2) is 24.5 Å². The molecule has 0 aromatic heterocycles. The highest BCUT2D eigenvalue weighted by atomic mass is 19.1. The number of anilines is 1. The molecule has 3 amide bonds. The van der Waals surface area contributed by atoms with Crippen molar-refractivity contribution in [3.63, 3.8) is 0 Å². The van der Waals surface area contributed by atoms with Crippen LogP contribution >= 0.6 is 0 Å². The zero-order chi connectivity index (χ0) is 24.3. The summed E-state index contributed by atoms with van der Waals surface area (Å²) in [7, 11) is 0. The third-order valence-electron chi connectivity index (χ3n) is 6.00. The van der Waals surface area contributed by atoms with Crippen molar-refractivity contribution in [3.05, 3.63) is 102 Å². The van der Waals surface area contributed by atoms with Gasteiger partial charge in [0.05, 0.1) is 0 Å². The van der Waals surface area contributed by atoms with Crippen molar-refractivity contribution in [2.24, 2.45) is 5.92 Å². The Morgan fingerprint density at radius 2 is 1.50 bits per heavy atom. The number of hydrogen-bond donors (Lipinski definition) is 3. The lowest BCUT2D eigenvalue weighted by molar-refractivity contribution is -0.124. The smallest absolute Gasteiger partial charge is 0.319 e. The van der Waals surface area contributed by atoms with Gasteiger partial charge < -0.3 is 16.0 Å². The van der Waals surface area contributed by atoms with E-state index in [0.717, 1.165) is 12.8 Å². The first kappa shape index (κ1) is 25.0. The second-order valence-electron chi connectivity index (χ2n) is 8.43. The van der Waals surface area contributed by atoms with Crippen LogP contribution in [0.1, 0.15) is 43.7 Å². The second kappa shape index (κ2) is 12.5. The number of nitrogens with one attached hydrogen (secondary N) is 3. The molecule has 2 atom stereocenters. The summed E-state index contributed by atoms with van der Waals surface area (Å²) in [5, 5.41) is 8.35. The normalized spacial score (nSPS) is 12.6. The molecule has 0 aliphatic rings. The minimum atomic E-state index is -0.703. The van der Waals surface area contributed by atoms with E-state index in [1.165, 1.54) is 29.3 Å². The predicted molar refractivity (Wildman–Crippen MR) is 134 cm³/mol. The molecule has 0 bridgehead atoms. The van der Waals surface area contributed by atoms with Crippen LogP contribution in [0.25, 0.3) is 0 Å². The Balaban J connectivity index is 1.62. The molecule has 0 aliphatic carbocycles. The summed E-state index contributed by atoms with van der Waals surface area (Å²) in [6.07, 6.45) is 1.44. The molecule has 0 radical (unpaired) electrons. The van der Waals surface area contributed by atoms with Gasteiger partial charge in [-0.25, -0.2) is 9.18 Å². The van der Waals surface area contributed by atoms with Gasteiger partial charge in [-0.05, 0) is 41.7 Å².